The quantitative estimate of drug-likeness (QED) is 0.564. The lowest BCUT2D eigenvalue weighted by Crippen LogP contribution is -2.46. The average Bonchev–Trinajstić information content (AvgIpc) is 2.01. The minimum atomic E-state index is -1.36. The molecule has 76 valence electrons. The van der Waals surface area contributed by atoms with Crippen LogP contribution >= 0.6 is 12.4 Å². The van der Waals surface area contributed by atoms with Crippen molar-refractivity contribution < 1.29 is 9.90 Å². The summed E-state index contributed by atoms with van der Waals surface area (Å²) < 4.78 is 0. The van der Waals surface area contributed by atoms with E-state index in [1.54, 1.807) is 0 Å². The van der Waals surface area contributed by atoms with E-state index < -0.39 is 11.5 Å². The SMILES string of the molecule is C=C=CC(N)(CCCN)C(=O)O.Cl. The topological polar surface area (TPSA) is 89.3 Å². The molecule has 4 nitrogen and oxygen atoms in total. The van der Waals surface area contributed by atoms with Crippen molar-refractivity contribution in [3.8, 4) is 0 Å². The minimum absolute atomic E-state index is 0. The molecule has 13 heavy (non-hydrogen) atoms. The van der Waals surface area contributed by atoms with Gasteiger partial charge in [0, 0.05) is 0 Å². The zero-order chi connectivity index (χ0) is 9.61. The molecule has 0 amide bonds. The largest absolute Gasteiger partial charge is 0.480 e. The zero-order valence-corrected chi connectivity index (χ0v) is 8.14. The Balaban J connectivity index is 0. The van der Waals surface area contributed by atoms with E-state index in [0.29, 0.717) is 19.4 Å². The van der Waals surface area contributed by atoms with Crippen molar-refractivity contribution in [2.45, 2.75) is 18.4 Å². The molecule has 0 aliphatic carbocycles. The highest BCUT2D eigenvalue weighted by atomic mass is 35.5. The maximum Gasteiger partial charge on any atom is 0.328 e. The Morgan fingerprint density at radius 3 is 2.54 bits per heavy atom. The van der Waals surface area contributed by atoms with Gasteiger partial charge in [0.25, 0.3) is 0 Å². The minimum Gasteiger partial charge on any atom is -0.480 e. The van der Waals surface area contributed by atoms with Crippen molar-refractivity contribution in [2.75, 3.05) is 6.54 Å². The smallest absolute Gasteiger partial charge is 0.328 e. The van der Waals surface area contributed by atoms with E-state index in [1.807, 2.05) is 0 Å². The van der Waals surface area contributed by atoms with Crippen LogP contribution in [-0.4, -0.2) is 23.2 Å². The van der Waals surface area contributed by atoms with Gasteiger partial charge in [-0.15, -0.1) is 18.1 Å². The van der Waals surface area contributed by atoms with Gasteiger partial charge in [0.05, 0.1) is 0 Å². The molecule has 1 unspecified atom stereocenters. The van der Waals surface area contributed by atoms with E-state index in [4.69, 9.17) is 16.6 Å². The van der Waals surface area contributed by atoms with E-state index >= 15 is 0 Å². The molecule has 0 aromatic carbocycles. The summed E-state index contributed by atoms with van der Waals surface area (Å²) in [4.78, 5) is 10.7. The highest BCUT2D eigenvalue weighted by molar-refractivity contribution is 5.85. The first-order valence-electron chi connectivity index (χ1n) is 3.66. The predicted octanol–water partition coefficient (Wildman–Crippen LogP) is 0.270. The van der Waals surface area contributed by atoms with Crippen LogP contribution in [0, 0.1) is 0 Å². The Hall–Kier alpha value is -0.800. The first kappa shape index (κ1) is 14.7. The fourth-order valence-electron chi connectivity index (χ4n) is 0.818. The molecular formula is C8H15ClN2O2. The Morgan fingerprint density at radius 1 is 1.69 bits per heavy atom. The van der Waals surface area contributed by atoms with Crippen molar-refractivity contribution >= 4 is 18.4 Å². The molecule has 0 aromatic heterocycles. The summed E-state index contributed by atoms with van der Waals surface area (Å²) in [7, 11) is 0. The Morgan fingerprint density at radius 2 is 2.23 bits per heavy atom. The molecule has 0 spiro atoms. The van der Waals surface area contributed by atoms with Gasteiger partial charge in [0.1, 0.15) is 5.54 Å². The summed E-state index contributed by atoms with van der Waals surface area (Å²) in [5, 5.41) is 8.73. The molecule has 0 radical (unpaired) electrons. The molecule has 0 fully saturated rings. The maximum atomic E-state index is 10.7. The van der Waals surface area contributed by atoms with Gasteiger partial charge in [0.15, 0.2) is 0 Å². The van der Waals surface area contributed by atoms with Crippen LogP contribution in [0.15, 0.2) is 18.4 Å². The summed E-state index contributed by atoms with van der Waals surface area (Å²) in [6.07, 6.45) is 2.13. The van der Waals surface area contributed by atoms with Gasteiger partial charge in [-0.3, -0.25) is 0 Å². The van der Waals surface area contributed by atoms with Crippen molar-refractivity contribution in [3.05, 3.63) is 18.4 Å². The molecule has 5 N–H and O–H groups in total. The number of rotatable bonds is 5. The molecule has 0 aliphatic heterocycles. The van der Waals surface area contributed by atoms with Crippen molar-refractivity contribution in [1.82, 2.24) is 0 Å². The number of carbonyl (C=O) groups is 1. The normalized spacial score (nSPS) is 13.4. The van der Waals surface area contributed by atoms with Crippen molar-refractivity contribution in [1.29, 1.82) is 0 Å². The van der Waals surface area contributed by atoms with Crippen LogP contribution in [-0.2, 0) is 4.79 Å². The van der Waals surface area contributed by atoms with Crippen LogP contribution < -0.4 is 11.5 Å². The van der Waals surface area contributed by atoms with Crippen molar-refractivity contribution in [3.63, 3.8) is 0 Å². The monoisotopic (exact) mass is 206 g/mol. The van der Waals surface area contributed by atoms with Crippen LogP contribution in [0.25, 0.3) is 0 Å². The standard InChI is InChI=1S/C8H14N2O2.ClH/c1-2-4-8(10,7(11)12)5-3-6-9;/h4H,1,3,5-6,9-10H2,(H,11,12);1H. The molecule has 0 bridgehead atoms. The third-order valence-electron chi connectivity index (χ3n) is 1.55. The van der Waals surface area contributed by atoms with Crippen LogP contribution in [0.1, 0.15) is 12.8 Å². The lowest BCUT2D eigenvalue weighted by Gasteiger charge is -2.18. The third-order valence-corrected chi connectivity index (χ3v) is 1.55. The second kappa shape index (κ2) is 6.69. The van der Waals surface area contributed by atoms with Gasteiger partial charge in [-0.25, -0.2) is 4.79 Å². The Bertz CT molecular complexity index is 210. The lowest BCUT2D eigenvalue weighted by molar-refractivity contribution is -0.141. The van der Waals surface area contributed by atoms with E-state index in [9.17, 15) is 4.79 Å². The summed E-state index contributed by atoms with van der Waals surface area (Å²) in [5.41, 5.74) is 11.8. The second-order valence-electron chi connectivity index (χ2n) is 2.59. The summed E-state index contributed by atoms with van der Waals surface area (Å²) in [5.74, 6) is -1.08. The highest BCUT2D eigenvalue weighted by Gasteiger charge is 2.29. The molecule has 0 heterocycles. The number of hydrogen-bond acceptors (Lipinski definition) is 3. The zero-order valence-electron chi connectivity index (χ0n) is 7.32. The van der Waals surface area contributed by atoms with Gasteiger partial charge in [-0.2, -0.15) is 0 Å². The first-order chi connectivity index (χ1) is 5.56. The second-order valence-corrected chi connectivity index (χ2v) is 2.59. The summed E-state index contributed by atoms with van der Waals surface area (Å²) in [6.45, 7) is 3.71. The van der Waals surface area contributed by atoms with Gasteiger partial charge in [-0.05, 0) is 25.5 Å². The molecule has 0 aliphatic rings. The Labute approximate surface area is 83.7 Å². The number of nitrogens with two attached hydrogens (primary N) is 2. The van der Waals surface area contributed by atoms with Crippen LogP contribution in [0.2, 0.25) is 0 Å². The van der Waals surface area contributed by atoms with E-state index in [-0.39, 0.29) is 12.4 Å². The van der Waals surface area contributed by atoms with E-state index in [2.05, 4.69) is 12.3 Å². The third kappa shape index (κ3) is 4.70. The molecule has 0 saturated heterocycles. The summed E-state index contributed by atoms with van der Waals surface area (Å²) in [6, 6.07) is 0. The number of hydrogen-bond donors (Lipinski definition) is 3. The number of carboxylic acid groups (broad SMARTS) is 1. The summed E-state index contributed by atoms with van der Waals surface area (Å²) >= 11 is 0. The van der Waals surface area contributed by atoms with Crippen molar-refractivity contribution in [2.24, 2.45) is 11.5 Å². The van der Waals surface area contributed by atoms with E-state index in [0.717, 1.165) is 0 Å². The number of aliphatic carboxylic acids is 1. The van der Waals surface area contributed by atoms with Gasteiger partial charge >= 0.3 is 5.97 Å². The average molecular weight is 207 g/mol. The van der Waals surface area contributed by atoms with Crippen LogP contribution in [0.5, 0.6) is 0 Å². The van der Waals surface area contributed by atoms with Gasteiger partial charge < -0.3 is 16.6 Å². The van der Waals surface area contributed by atoms with Crippen LogP contribution in [0.4, 0.5) is 0 Å². The number of carboxylic acids is 1. The molecule has 0 rings (SSSR count). The van der Waals surface area contributed by atoms with E-state index in [1.165, 1.54) is 6.08 Å². The molecule has 1 atom stereocenters. The molecule has 0 aromatic rings. The van der Waals surface area contributed by atoms with Gasteiger partial charge in [0.2, 0.25) is 0 Å². The maximum absolute atomic E-state index is 10.7. The fourth-order valence-corrected chi connectivity index (χ4v) is 0.818. The Kier molecular flexibility index (Phi) is 7.57. The first-order valence-corrected chi connectivity index (χ1v) is 3.66. The fraction of sp³-hybridized carbons (Fsp3) is 0.500. The van der Waals surface area contributed by atoms with Crippen LogP contribution in [0.3, 0.4) is 0 Å². The van der Waals surface area contributed by atoms with Gasteiger partial charge in [-0.1, -0.05) is 6.58 Å². The molecule has 5 heteroatoms. The molecule has 0 saturated carbocycles. The lowest BCUT2D eigenvalue weighted by atomic mass is 9.95. The highest BCUT2D eigenvalue weighted by Crippen LogP contribution is 2.10. The molecular weight excluding hydrogens is 192 g/mol. The predicted molar refractivity (Wildman–Crippen MR) is 53.8 cm³/mol. The number of halogens is 1.